The molecule has 0 fully saturated rings. The van der Waals surface area contributed by atoms with Gasteiger partial charge >= 0.3 is 0 Å². The van der Waals surface area contributed by atoms with Gasteiger partial charge in [-0.05, 0) is 24.1 Å². The summed E-state index contributed by atoms with van der Waals surface area (Å²) in [7, 11) is 8.67. The van der Waals surface area contributed by atoms with E-state index in [0.717, 1.165) is 40.1 Å². The maximum Gasteiger partial charge on any atom is 0.231 e. The van der Waals surface area contributed by atoms with E-state index in [0.29, 0.717) is 25.3 Å². The number of nitrogens with one attached hydrogen (secondary N) is 1. The van der Waals surface area contributed by atoms with Crippen LogP contribution in [0.2, 0.25) is 0 Å². The molecule has 0 aliphatic carbocycles. The lowest BCUT2D eigenvalue weighted by atomic mass is 10.1. The normalized spacial score (nSPS) is 12.1. The maximum absolute atomic E-state index is 5.53. The summed E-state index contributed by atoms with van der Waals surface area (Å²) in [5.74, 6) is 4.51. The Morgan fingerprint density at radius 1 is 1.03 bits per heavy atom. The number of rotatable bonds is 8. The molecule has 1 aliphatic heterocycles. The molecule has 2 aromatic carbocycles. The van der Waals surface area contributed by atoms with Crippen molar-refractivity contribution in [1.82, 2.24) is 10.2 Å². The van der Waals surface area contributed by atoms with Crippen LogP contribution in [0.3, 0.4) is 0 Å². The summed E-state index contributed by atoms with van der Waals surface area (Å²) < 4.78 is 27.2. The number of halogens is 1. The molecule has 0 unspecified atom stereocenters. The fraction of sp³-hybridized carbons (Fsp3) is 0.409. The van der Waals surface area contributed by atoms with Crippen molar-refractivity contribution in [2.45, 2.75) is 13.0 Å². The summed E-state index contributed by atoms with van der Waals surface area (Å²) in [6.07, 6.45) is 0.702. The van der Waals surface area contributed by atoms with E-state index in [1.165, 1.54) is 0 Å². The lowest BCUT2D eigenvalue weighted by Gasteiger charge is -2.23. The van der Waals surface area contributed by atoms with Crippen LogP contribution in [0.15, 0.2) is 35.3 Å². The molecule has 1 N–H and O–H groups in total. The minimum Gasteiger partial charge on any atom is -0.496 e. The average molecular weight is 543 g/mol. The Bertz CT molecular complexity index is 882. The summed E-state index contributed by atoms with van der Waals surface area (Å²) in [4.78, 5) is 6.45. The number of benzene rings is 2. The van der Waals surface area contributed by atoms with Crippen LogP contribution in [0, 0.1) is 0 Å². The number of aliphatic imine (C=N–C) groups is 1. The molecular formula is C22H30IN3O5. The molecule has 0 aromatic heterocycles. The SMILES string of the molecule is CN=C(NCCc1c(OC)cc(OC)cc1OC)N(C)Cc1ccc2c(c1)OCO2.I. The molecule has 0 saturated heterocycles. The molecule has 8 nitrogen and oxygen atoms in total. The average Bonchev–Trinajstić information content (AvgIpc) is 3.24. The number of hydrogen-bond donors (Lipinski definition) is 1. The molecule has 31 heavy (non-hydrogen) atoms. The van der Waals surface area contributed by atoms with Crippen molar-refractivity contribution in [2.75, 3.05) is 48.8 Å². The van der Waals surface area contributed by atoms with Crippen LogP contribution in [-0.2, 0) is 13.0 Å². The highest BCUT2D eigenvalue weighted by atomic mass is 127. The lowest BCUT2D eigenvalue weighted by Crippen LogP contribution is -2.39. The van der Waals surface area contributed by atoms with Crippen molar-refractivity contribution in [3.05, 3.63) is 41.5 Å². The minimum absolute atomic E-state index is 0. The van der Waals surface area contributed by atoms with Gasteiger partial charge in [0.25, 0.3) is 0 Å². The zero-order valence-electron chi connectivity index (χ0n) is 18.6. The molecule has 1 aliphatic rings. The Kier molecular flexibility index (Phi) is 9.35. The topological polar surface area (TPSA) is 73.8 Å². The number of nitrogens with zero attached hydrogens (tertiary/aromatic N) is 2. The Morgan fingerprint density at radius 2 is 1.71 bits per heavy atom. The highest BCUT2D eigenvalue weighted by Gasteiger charge is 2.16. The second-order valence-electron chi connectivity index (χ2n) is 6.78. The number of methoxy groups -OCH3 is 3. The highest BCUT2D eigenvalue weighted by Crippen LogP contribution is 2.34. The second kappa shape index (κ2) is 11.7. The van der Waals surface area contributed by atoms with Crippen molar-refractivity contribution >= 4 is 29.9 Å². The smallest absolute Gasteiger partial charge is 0.231 e. The third kappa shape index (κ3) is 5.99. The highest BCUT2D eigenvalue weighted by molar-refractivity contribution is 14.0. The van der Waals surface area contributed by atoms with Gasteiger partial charge in [0.05, 0.1) is 21.3 Å². The molecule has 0 amide bonds. The minimum atomic E-state index is 0. The van der Waals surface area contributed by atoms with Crippen LogP contribution >= 0.6 is 24.0 Å². The van der Waals surface area contributed by atoms with Crippen molar-refractivity contribution < 1.29 is 23.7 Å². The fourth-order valence-electron chi connectivity index (χ4n) is 3.40. The van der Waals surface area contributed by atoms with E-state index in [2.05, 4.69) is 15.2 Å². The number of hydrogen-bond acceptors (Lipinski definition) is 6. The molecular weight excluding hydrogens is 513 g/mol. The molecule has 9 heteroatoms. The fourth-order valence-corrected chi connectivity index (χ4v) is 3.40. The van der Waals surface area contributed by atoms with Gasteiger partial charge in [0.15, 0.2) is 17.5 Å². The summed E-state index contributed by atoms with van der Waals surface area (Å²) in [6.45, 7) is 1.62. The largest absolute Gasteiger partial charge is 0.496 e. The Balaban J connectivity index is 0.00000341. The van der Waals surface area contributed by atoms with Gasteiger partial charge in [-0.3, -0.25) is 4.99 Å². The first-order chi connectivity index (χ1) is 14.6. The van der Waals surface area contributed by atoms with Crippen molar-refractivity contribution in [1.29, 1.82) is 0 Å². The van der Waals surface area contributed by atoms with E-state index in [4.69, 9.17) is 23.7 Å². The predicted molar refractivity (Wildman–Crippen MR) is 131 cm³/mol. The monoisotopic (exact) mass is 543 g/mol. The zero-order valence-corrected chi connectivity index (χ0v) is 20.9. The molecule has 2 aromatic rings. The first kappa shape index (κ1) is 24.7. The van der Waals surface area contributed by atoms with E-state index in [1.807, 2.05) is 37.4 Å². The molecule has 170 valence electrons. The summed E-state index contributed by atoms with van der Waals surface area (Å²) in [6, 6.07) is 9.68. The summed E-state index contributed by atoms with van der Waals surface area (Å²) in [5, 5.41) is 3.40. The molecule has 1 heterocycles. The van der Waals surface area contributed by atoms with E-state index >= 15 is 0 Å². The van der Waals surface area contributed by atoms with Gasteiger partial charge in [-0.2, -0.15) is 0 Å². The van der Waals surface area contributed by atoms with Gasteiger partial charge in [0, 0.05) is 44.9 Å². The van der Waals surface area contributed by atoms with Gasteiger partial charge < -0.3 is 33.9 Å². The standard InChI is InChI=1S/C22H29N3O5.HI/c1-23-22(25(2)13-15-6-7-18-21(10-15)30-14-29-18)24-9-8-17-19(27-4)11-16(26-3)12-20(17)28-5;/h6-7,10-12H,8-9,13-14H2,1-5H3,(H,23,24);1H. The molecule has 0 bridgehead atoms. The molecule has 0 spiro atoms. The van der Waals surface area contributed by atoms with Crippen LogP contribution in [0.4, 0.5) is 0 Å². The van der Waals surface area contributed by atoms with Crippen LogP contribution in [-0.4, -0.2) is 59.6 Å². The van der Waals surface area contributed by atoms with Crippen LogP contribution < -0.4 is 29.0 Å². The van der Waals surface area contributed by atoms with Crippen LogP contribution in [0.5, 0.6) is 28.7 Å². The van der Waals surface area contributed by atoms with E-state index < -0.39 is 0 Å². The van der Waals surface area contributed by atoms with Crippen molar-refractivity contribution in [3.8, 4) is 28.7 Å². The molecule has 0 atom stereocenters. The van der Waals surface area contributed by atoms with Crippen molar-refractivity contribution in [3.63, 3.8) is 0 Å². The third-order valence-electron chi connectivity index (χ3n) is 4.91. The van der Waals surface area contributed by atoms with Crippen LogP contribution in [0.25, 0.3) is 0 Å². The Hall–Kier alpha value is -2.56. The summed E-state index contributed by atoms with van der Waals surface area (Å²) >= 11 is 0. The van der Waals surface area contributed by atoms with Gasteiger partial charge in [-0.25, -0.2) is 0 Å². The van der Waals surface area contributed by atoms with Gasteiger partial charge in [-0.15, -0.1) is 24.0 Å². The molecule has 0 radical (unpaired) electrons. The van der Waals surface area contributed by atoms with Gasteiger partial charge in [0.1, 0.15) is 17.2 Å². The number of ether oxygens (including phenoxy) is 5. The first-order valence-corrected chi connectivity index (χ1v) is 9.68. The van der Waals surface area contributed by atoms with E-state index in [-0.39, 0.29) is 30.8 Å². The third-order valence-corrected chi connectivity index (χ3v) is 4.91. The molecule has 0 saturated carbocycles. The lowest BCUT2D eigenvalue weighted by molar-refractivity contribution is 0.174. The zero-order chi connectivity index (χ0) is 21.5. The van der Waals surface area contributed by atoms with E-state index in [1.54, 1.807) is 28.4 Å². The first-order valence-electron chi connectivity index (χ1n) is 9.68. The van der Waals surface area contributed by atoms with Crippen molar-refractivity contribution in [2.24, 2.45) is 4.99 Å². The predicted octanol–water partition coefficient (Wildman–Crippen LogP) is 3.31. The van der Waals surface area contributed by atoms with Crippen LogP contribution in [0.1, 0.15) is 11.1 Å². The maximum atomic E-state index is 5.53. The Labute approximate surface area is 200 Å². The Morgan fingerprint density at radius 3 is 2.32 bits per heavy atom. The molecule has 3 rings (SSSR count). The number of guanidine groups is 1. The van der Waals surface area contributed by atoms with Gasteiger partial charge in [0.2, 0.25) is 6.79 Å². The number of fused-ring (bicyclic) bond motifs is 1. The summed E-state index contributed by atoms with van der Waals surface area (Å²) in [5.41, 5.74) is 2.09. The quantitative estimate of drug-likeness (QED) is 0.311. The second-order valence-corrected chi connectivity index (χ2v) is 6.78. The van der Waals surface area contributed by atoms with E-state index in [9.17, 15) is 0 Å². The van der Waals surface area contributed by atoms with Gasteiger partial charge in [-0.1, -0.05) is 6.07 Å².